The minimum Gasteiger partial charge on any atom is -0.480 e. The average Bonchev–Trinajstić information content (AvgIpc) is 3.07. The van der Waals surface area contributed by atoms with Gasteiger partial charge in [0.25, 0.3) is 0 Å². The fourth-order valence-electron chi connectivity index (χ4n) is 3.70. The second-order valence-electron chi connectivity index (χ2n) is 6.53. The first-order valence-corrected chi connectivity index (χ1v) is 9.04. The van der Waals surface area contributed by atoms with Crippen LogP contribution in [0.15, 0.2) is 54.7 Å². The van der Waals surface area contributed by atoms with E-state index in [-0.39, 0.29) is 0 Å². The first-order chi connectivity index (χ1) is 12.6. The maximum atomic E-state index is 12.0. The largest absolute Gasteiger partial charge is 0.480 e. The maximum Gasteiger partial charge on any atom is 0.325 e. The molecule has 0 spiro atoms. The van der Waals surface area contributed by atoms with Crippen LogP contribution in [0.25, 0.3) is 10.9 Å². The number of para-hydroxylation sites is 1. The predicted molar refractivity (Wildman–Crippen MR) is 104 cm³/mol. The molecule has 2 N–H and O–H groups in total. The van der Waals surface area contributed by atoms with Crippen LogP contribution in [0.3, 0.4) is 0 Å². The fourth-order valence-corrected chi connectivity index (χ4v) is 3.82. The van der Waals surface area contributed by atoms with Gasteiger partial charge in [0.2, 0.25) is 0 Å². The van der Waals surface area contributed by atoms with Crippen LogP contribution in [0, 0.1) is 0 Å². The summed E-state index contributed by atoms with van der Waals surface area (Å²) in [6, 6.07) is 15.0. The molecular weight excluding hydrogens is 350 g/mol. The van der Waals surface area contributed by atoms with Crippen molar-refractivity contribution >= 4 is 34.2 Å². The number of carbonyl (C=O) groups is 1. The van der Waals surface area contributed by atoms with Crippen molar-refractivity contribution in [3.05, 3.63) is 65.3 Å². The molecule has 1 aliphatic heterocycles. The van der Waals surface area contributed by atoms with Gasteiger partial charge in [0.15, 0.2) is 0 Å². The first kappa shape index (κ1) is 16.9. The Morgan fingerprint density at radius 1 is 1.04 bits per heavy atom. The number of hydrogen-bond acceptors (Lipinski definition) is 3. The quantitative estimate of drug-likeness (QED) is 0.735. The van der Waals surface area contributed by atoms with Gasteiger partial charge in [0.05, 0.1) is 0 Å². The van der Waals surface area contributed by atoms with E-state index in [2.05, 4.69) is 9.88 Å². The number of benzene rings is 2. The standard InChI is InChI=1S/C20H20ClN3O2/c21-14-5-7-15(8-6-14)23-9-11-24(12-10-23)19(20(25)26)17-13-22-18-4-2-1-3-16(17)18/h1-8,13,19,22H,9-12H2,(H,25,26)/t19-/m0/s1. The molecule has 0 radical (unpaired) electrons. The van der Waals surface area contributed by atoms with Crippen molar-refractivity contribution in [3.8, 4) is 0 Å². The molecule has 0 amide bonds. The molecule has 4 rings (SSSR count). The van der Waals surface area contributed by atoms with E-state index in [1.54, 1.807) is 0 Å². The number of hydrogen-bond donors (Lipinski definition) is 2. The van der Waals surface area contributed by atoms with Crippen molar-refractivity contribution in [2.24, 2.45) is 0 Å². The van der Waals surface area contributed by atoms with Crippen LogP contribution in [0.1, 0.15) is 11.6 Å². The smallest absolute Gasteiger partial charge is 0.325 e. The normalized spacial score (nSPS) is 16.7. The van der Waals surface area contributed by atoms with Crippen LogP contribution < -0.4 is 4.90 Å². The zero-order valence-corrected chi connectivity index (χ0v) is 15.0. The number of rotatable bonds is 4. The lowest BCUT2D eigenvalue weighted by Gasteiger charge is -2.38. The summed E-state index contributed by atoms with van der Waals surface area (Å²) in [5, 5.41) is 11.6. The van der Waals surface area contributed by atoms with Gasteiger partial charge in [-0.05, 0) is 30.3 Å². The molecule has 3 aromatic rings. The Bertz CT molecular complexity index is 914. The zero-order valence-electron chi connectivity index (χ0n) is 14.2. The third-order valence-corrected chi connectivity index (χ3v) is 5.27. The summed E-state index contributed by atoms with van der Waals surface area (Å²) in [5.74, 6) is -0.810. The van der Waals surface area contributed by atoms with E-state index in [1.807, 2.05) is 59.6 Å². The minimum atomic E-state index is -0.810. The minimum absolute atomic E-state index is 0.640. The third kappa shape index (κ3) is 3.16. The maximum absolute atomic E-state index is 12.0. The number of halogens is 1. The predicted octanol–water partition coefficient (Wildman–Crippen LogP) is 3.77. The number of fused-ring (bicyclic) bond motifs is 1. The van der Waals surface area contributed by atoms with Gasteiger partial charge in [-0.1, -0.05) is 29.8 Å². The van der Waals surface area contributed by atoms with E-state index >= 15 is 0 Å². The van der Waals surface area contributed by atoms with E-state index < -0.39 is 12.0 Å². The molecular formula is C20H20ClN3O2. The van der Waals surface area contributed by atoms with Crippen molar-refractivity contribution in [1.29, 1.82) is 0 Å². The molecule has 0 bridgehead atoms. The van der Waals surface area contributed by atoms with Gasteiger partial charge in [-0.2, -0.15) is 0 Å². The van der Waals surface area contributed by atoms with Crippen molar-refractivity contribution in [2.75, 3.05) is 31.1 Å². The lowest BCUT2D eigenvalue weighted by atomic mass is 10.0. The van der Waals surface area contributed by atoms with Gasteiger partial charge in [-0.15, -0.1) is 0 Å². The highest BCUT2D eigenvalue weighted by Gasteiger charge is 2.32. The number of carboxylic acid groups (broad SMARTS) is 1. The Kier molecular flexibility index (Phi) is 4.57. The fraction of sp³-hybridized carbons (Fsp3) is 0.250. The summed E-state index contributed by atoms with van der Waals surface area (Å²) in [6.07, 6.45) is 1.83. The topological polar surface area (TPSA) is 59.6 Å². The summed E-state index contributed by atoms with van der Waals surface area (Å²) in [4.78, 5) is 19.5. The van der Waals surface area contributed by atoms with Gasteiger partial charge < -0.3 is 15.0 Å². The summed E-state index contributed by atoms with van der Waals surface area (Å²) >= 11 is 5.96. The lowest BCUT2D eigenvalue weighted by Crippen LogP contribution is -2.49. The highest BCUT2D eigenvalue weighted by Crippen LogP contribution is 2.30. The van der Waals surface area contributed by atoms with E-state index in [0.717, 1.165) is 40.3 Å². The van der Waals surface area contributed by atoms with Crippen molar-refractivity contribution in [2.45, 2.75) is 6.04 Å². The summed E-state index contributed by atoms with van der Waals surface area (Å²) in [6.45, 7) is 2.96. The zero-order chi connectivity index (χ0) is 18.1. The van der Waals surface area contributed by atoms with E-state index in [9.17, 15) is 9.90 Å². The van der Waals surface area contributed by atoms with Gasteiger partial charge in [-0.3, -0.25) is 9.69 Å². The number of aromatic amines is 1. The molecule has 134 valence electrons. The van der Waals surface area contributed by atoms with Gasteiger partial charge in [0.1, 0.15) is 6.04 Å². The number of carboxylic acids is 1. The van der Waals surface area contributed by atoms with Crippen molar-refractivity contribution in [3.63, 3.8) is 0 Å². The molecule has 1 aromatic heterocycles. The Balaban J connectivity index is 1.54. The molecule has 1 fully saturated rings. The third-order valence-electron chi connectivity index (χ3n) is 5.02. The van der Waals surface area contributed by atoms with Gasteiger partial charge >= 0.3 is 5.97 Å². The molecule has 6 heteroatoms. The molecule has 0 unspecified atom stereocenters. The van der Waals surface area contributed by atoms with E-state index in [4.69, 9.17) is 11.6 Å². The number of aliphatic carboxylic acids is 1. The van der Waals surface area contributed by atoms with E-state index in [0.29, 0.717) is 13.1 Å². The molecule has 1 aliphatic rings. The molecule has 0 aliphatic carbocycles. The van der Waals surface area contributed by atoms with Crippen molar-refractivity contribution in [1.82, 2.24) is 9.88 Å². The van der Waals surface area contributed by atoms with Crippen LogP contribution in [0.4, 0.5) is 5.69 Å². The summed E-state index contributed by atoms with van der Waals surface area (Å²) in [7, 11) is 0. The van der Waals surface area contributed by atoms with Crippen LogP contribution >= 0.6 is 11.6 Å². The number of H-pyrrole nitrogens is 1. The Labute approximate surface area is 156 Å². The highest BCUT2D eigenvalue weighted by molar-refractivity contribution is 6.30. The summed E-state index contributed by atoms with van der Waals surface area (Å²) < 4.78 is 0. The first-order valence-electron chi connectivity index (χ1n) is 8.67. The number of piperazine rings is 1. The van der Waals surface area contributed by atoms with Gasteiger partial charge in [0, 0.05) is 59.6 Å². The number of nitrogens with one attached hydrogen (secondary N) is 1. The van der Waals surface area contributed by atoms with Crippen LogP contribution in [-0.4, -0.2) is 47.1 Å². The number of nitrogens with zero attached hydrogens (tertiary/aromatic N) is 2. The van der Waals surface area contributed by atoms with Crippen LogP contribution in [-0.2, 0) is 4.79 Å². The number of anilines is 1. The lowest BCUT2D eigenvalue weighted by molar-refractivity contribution is -0.143. The SMILES string of the molecule is O=C(O)[C@H](c1c[nH]c2ccccc12)N1CCN(c2ccc(Cl)cc2)CC1. The highest BCUT2D eigenvalue weighted by atomic mass is 35.5. The second kappa shape index (κ2) is 7.02. The second-order valence-corrected chi connectivity index (χ2v) is 6.97. The Morgan fingerprint density at radius 2 is 1.73 bits per heavy atom. The Morgan fingerprint density at radius 3 is 2.42 bits per heavy atom. The van der Waals surface area contributed by atoms with E-state index in [1.165, 1.54) is 0 Å². The molecule has 5 nitrogen and oxygen atoms in total. The molecule has 2 aromatic carbocycles. The average molecular weight is 370 g/mol. The molecule has 26 heavy (non-hydrogen) atoms. The van der Waals surface area contributed by atoms with Crippen molar-refractivity contribution < 1.29 is 9.90 Å². The number of aromatic nitrogens is 1. The summed E-state index contributed by atoms with van der Waals surface area (Å²) in [5.41, 5.74) is 2.91. The Hall–Kier alpha value is -2.50. The molecule has 1 atom stereocenters. The van der Waals surface area contributed by atoms with Gasteiger partial charge in [-0.25, -0.2) is 0 Å². The molecule has 2 heterocycles. The van der Waals surface area contributed by atoms with Crippen LogP contribution in [0.2, 0.25) is 5.02 Å². The monoisotopic (exact) mass is 369 g/mol. The molecule has 1 saturated heterocycles. The van der Waals surface area contributed by atoms with Crippen LogP contribution in [0.5, 0.6) is 0 Å². The molecule has 0 saturated carbocycles.